The highest BCUT2D eigenvalue weighted by Crippen LogP contribution is 1.96. The maximum atomic E-state index is 11.6. The Bertz CT molecular complexity index is 367. The van der Waals surface area contributed by atoms with Crippen molar-refractivity contribution in [2.24, 2.45) is 0 Å². The lowest BCUT2D eigenvalue weighted by Gasteiger charge is -2.11. The molecule has 1 unspecified atom stereocenters. The average Bonchev–Trinajstić information content (AvgIpc) is 2.30. The van der Waals surface area contributed by atoms with E-state index >= 15 is 0 Å². The minimum Gasteiger partial charge on any atom is -0.464 e. The van der Waals surface area contributed by atoms with Crippen molar-refractivity contribution in [3.8, 4) is 0 Å². The normalized spacial score (nSPS) is 11.6. The predicted molar refractivity (Wildman–Crippen MR) is 55.6 cm³/mol. The van der Waals surface area contributed by atoms with Crippen LogP contribution < -0.4 is 5.32 Å². The maximum Gasteiger partial charge on any atom is 0.328 e. The van der Waals surface area contributed by atoms with Gasteiger partial charge in [-0.25, -0.2) is 4.79 Å². The van der Waals surface area contributed by atoms with E-state index in [4.69, 9.17) is 4.74 Å². The predicted octanol–water partition coefficient (Wildman–Crippen LogP) is 0.158. The van der Waals surface area contributed by atoms with Crippen LogP contribution in [0.15, 0.2) is 18.5 Å². The molecule has 1 N–H and O–H groups in total. The highest BCUT2D eigenvalue weighted by Gasteiger charge is 2.17. The summed E-state index contributed by atoms with van der Waals surface area (Å²) in [6.45, 7) is 3.56. The quantitative estimate of drug-likeness (QED) is 0.735. The van der Waals surface area contributed by atoms with E-state index in [9.17, 15) is 9.59 Å². The van der Waals surface area contributed by atoms with E-state index in [0.29, 0.717) is 5.56 Å². The van der Waals surface area contributed by atoms with Crippen molar-refractivity contribution in [2.75, 3.05) is 6.61 Å². The van der Waals surface area contributed by atoms with Crippen molar-refractivity contribution in [2.45, 2.75) is 19.9 Å². The Balaban J connectivity index is 2.55. The fourth-order valence-electron chi connectivity index (χ4n) is 1.03. The Morgan fingerprint density at radius 2 is 2.25 bits per heavy atom. The highest BCUT2D eigenvalue weighted by atomic mass is 16.5. The van der Waals surface area contributed by atoms with E-state index in [2.05, 4.69) is 15.5 Å². The topological polar surface area (TPSA) is 81.2 Å². The molecule has 0 spiro atoms. The first kappa shape index (κ1) is 12.1. The molecule has 0 fully saturated rings. The minimum atomic E-state index is -0.680. The molecular formula is C10H13N3O3. The lowest BCUT2D eigenvalue weighted by Crippen LogP contribution is -2.39. The SMILES string of the molecule is CCOC(=O)C(C)NC(=O)c1ccnnc1. The van der Waals surface area contributed by atoms with Gasteiger partial charge in [0, 0.05) is 0 Å². The van der Waals surface area contributed by atoms with Gasteiger partial charge in [-0.15, -0.1) is 0 Å². The second kappa shape index (κ2) is 5.79. The molecule has 0 aliphatic carbocycles. The molecule has 1 atom stereocenters. The molecule has 16 heavy (non-hydrogen) atoms. The number of esters is 1. The summed E-state index contributed by atoms with van der Waals surface area (Å²) >= 11 is 0. The second-order valence-electron chi connectivity index (χ2n) is 3.08. The lowest BCUT2D eigenvalue weighted by atomic mass is 10.2. The highest BCUT2D eigenvalue weighted by molar-refractivity contribution is 5.96. The van der Waals surface area contributed by atoms with Crippen LogP contribution in [0.5, 0.6) is 0 Å². The van der Waals surface area contributed by atoms with Crippen molar-refractivity contribution >= 4 is 11.9 Å². The summed E-state index contributed by atoms with van der Waals surface area (Å²) < 4.78 is 4.76. The fraction of sp³-hybridized carbons (Fsp3) is 0.400. The van der Waals surface area contributed by atoms with Crippen LogP contribution in [0.2, 0.25) is 0 Å². The zero-order chi connectivity index (χ0) is 12.0. The Labute approximate surface area is 93.0 Å². The van der Waals surface area contributed by atoms with E-state index in [1.54, 1.807) is 13.8 Å². The summed E-state index contributed by atoms with van der Waals surface area (Å²) in [7, 11) is 0. The molecule has 0 saturated carbocycles. The molecule has 0 bridgehead atoms. The van der Waals surface area contributed by atoms with Gasteiger partial charge in [-0.3, -0.25) is 4.79 Å². The van der Waals surface area contributed by atoms with Gasteiger partial charge in [-0.05, 0) is 19.9 Å². The zero-order valence-corrected chi connectivity index (χ0v) is 9.14. The number of nitrogens with one attached hydrogen (secondary N) is 1. The van der Waals surface area contributed by atoms with Gasteiger partial charge in [-0.1, -0.05) is 0 Å². The van der Waals surface area contributed by atoms with Crippen LogP contribution in [0.25, 0.3) is 0 Å². The molecule has 1 aromatic heterocycles. The smallest absolute Gasteiger partial charge is 0.328 e. The zero-order valence-electron chi connectivity index (χ0n) is 9.14. The number of hydrogen-bond acceptors (Lipinski definition) is 5. The van der Waals surface area contributed by atoms with Gasteiger partial charge in [0.25, 0.3) is 5.91 Å². The Kier molecular flexibility index (Phi) is 4.38. The third kappa shape index (κ3) is 3.30. The number of carbonyl (C=O) groups excluding carboxylic acids is 2. The summed E-state index contributed by atoms with van der Waals surface area (Å²) in [6.07, 6.45) is 2.73. The number of carbonyl (C=O) groups is 2. The first-order chi connectivity index (χ1) is 7.65. The molecule has 0 aliphatic heterocycles. The van der Waals surface area contributed by atoms with Crippen LogP contribution >= 0.6 is 0 Å². The summed E-state index contributed by atoms with van der Waals surface area (Å²) in [5.41, 5.74) is 0.353. The van der Waals surface area contributed by atoms with Crippen molar-refractivity contribution in [3.05, 3.63) is 24.0 Å². The van der Waals surface area contributed by atoms with Crippen molar-refractivity contribution in [1.29, 1.82) is 0 Å². The lowest BCUT2D eigenvalue weighted by molar-refractivity contribution is -0.144. The molecule has 1 amide bonds. The minimum absolute atomic E-state index is 0.288. The molecule has 6 heteroatoms. The monoisotopic (exact) mass is 223 g/mol. The average molecular weight is 223 g/mol. The number of ether oxygens (including phenoxy) is 1. The number of aromatic nitrogens is 2. The van der Waals surface area contributed by atoms with E-state index in [1.165, 1.54) is 18.5 Å². The second-order valence-corrected chi connectivity index (χ2v) is 3.08. The number of rotatable bonds is 4. The van der Waals surface area contributed by atoms with Gasteiger partial charge in [-0.2, -0.15) is 10.2 Å². The van der Waals surface area contributed by atoms with Gasteiger partial charge in [0.2, 0.25) is 0 Å². The van der Waals surface area contributed by atoms with E-state index in [0.717, 1.165) is 0 Å². The third-order valence-electron chi connectivity index (χ3n) is 1.83. The van der Waals surface area contributed by atoms with Crippen LogP contribution in [-0.2, 0) is 9.53 Å². The molecular weight excluding hydrogens is 210 g/mol. The van der Waals surface area contributed by atoms with Crippen molar-refractivity contribution in [1.82, 2.24) is 15.5 Å². The van der Waals surface area contributed by atoms with E-state index in [1.807, 2.05) is 0 Å². The summed E-state index contributed by atoms with van der Waals surface area (Å²) in [5, 5.41) is 9.62. The summed E-state index contributed by atoms with van der Waals surface area (Å²) in [6, 6.07) is 0.834. The molecule has 0 aromatic carbocycles. The molecule has 6 nitrogen and oxygen atoms in total. The summed E-state index contributed by atoms with van der Waals surface area (Å²) in [4.78, 5) is 22.8. The molecule has 1 aromatic rings. The van der Waals surface area contributed by atoms with Gasteiger partial charge >= 0.3 is 5.97 Å². The van der Waals surface area contributed by atoms with Gasteiger partial charge in [0.15, 0.2) is 0 Å². The molecule has 0 saturated heterocycles. The Morgan fingerprint density at radius 3 is 2.81 bits per heavy atom. The molecule has 0 radical (unpaired) electrons. The molecule has 86 valence electrons. The third-order valence-corrected chi connectivity index (χ3v) is 1.83. The largest absolute Gasteiger partial charge is 0.464 e. The standard InChI is InChI=1S/C10H13N3O3/c1-3-16-10(15)7(2)13-9(14)8-4-5-11-12-6-8/h4-7H,3H2,1-2H3,(H,13,14). The molecule has 1 rings (SSSR count). The molecule has 1 heterocycles. The van der Waals surface area contributed by atoms with E-state index < -0.39 is 12.0 Å². The maximum absolute atomic E-state index is 11.6. The van der Waals surface area contributed by atoms with E-state index in [-0.39, 0.29) is 12.5 Å². The van der Waals surface area contributed by atoms with Gasteiger partial charge in [0.05, 0.1) is 24.6 Å². The Morgan fingerprint density at radius 1 is 1.50 bits per heavy atom. The summed E-state index contributed by atoms with van der Waals surface area (Å²) in [5.74, 6) is -0.840. The van der Waals surface area contributed by atoms with Crippen LogP contribution in [-0.4, -0.2) is 34.7 Å². The molecule has 0 aliphatic rings. The van der Waals surface area contributed by atoms with Crippen molar-refractivity contribution in [3.63, 3.8) is 0 Å². The Hall–Kier alpha value is -1.98. The van der Waals surface area contributed by atoms with Crippen LogP contribution in [0, 0.1) is 0 Å². The van der Waals surface area contributed by atoms with Crippen LogP contribution in [0.4, 0.5) is 0 Å². The number of nitrogens with zero attached hydrogens (tertiary/aromatic N) is 2. The van der Waals surface area contributed by atoms with Crippen molar-refractivity contribution < 1.29 is 14.3 Å². The fourth-order valence-corrected chi connectivity index (χ4v) is 1.03. The van der Waals surface area contributed by atoms with Gasteiger partial charge in [0.1, 0.15) is 6.04 Å². The first-order valence-corrected chi connectivity index (χ1v) is 4.89. The van der Waals surface area contributed by atoms with Crippen LogP contribution in [0.1, 0.15) is 24.2 Å². The van der Waals surface area contributed by atoms with Crippen LogP contribution in [0.3, 0.4) is 0 Å². The van der Waals surface area contributed by atoms with Gasteiger partial charge < -0.3 is 10.1 Å². The first-order valence-electron chi connectivity index (χ1n) is 4.89. The number of amides is 1. The number of hydrogen-bond donors (Lipinski definition) is 1.